The van der Waals surface area contributed by atoms with Crippen LogP contribution in [0.5, 0.6) is 0 Å². The van der Waals surface area contributed by atoms with Crippen LogP contribution in [-0.2, 0) is 4.74 Å². The van der Waals surface area contributed by atoms with Gasteiger partial charge in [0.25, 0.3) is 0 Å². The molecular weight excluding hydrogens is 370 g/mol. The maximum atomic E-state index is 12.2. The number of benzene rings is 1. The molecule has 2 heterocycles. The first-order chi connectivity index (χ1) is 13.6. The van der Waals surface area contributed by atoms with Gasteiger partial charge in [-0.05, 0) is 64.3 Å². The van der Waals surface area contributed by atoms with E-state index in [1.165, 1.54) is 0 Å². The smallest absolute Gasteiger partial charge is 0.410 e. The Bertz CT molecular complexity index is 743. The van der Waals surface area contributed by atoms with Gasteiger partial charge in [-0.25, -0.2) is 9.59 Å². The predicted molar refractivity (Wildman–Crippen MR) is 113 cm³/mol. The lowest BCUT2D eigenvalue weighted by atomic mass is 10.0. The van der Waals surface area contributed by atoms with Crippen molar-refractivity contribution in [3.63, 3.8) is 0 Å². The van der Waals surface area contributed by atoms with Crippen LogP contribution < -0.4 is 4.90 Å². The number of hydrogen-bond acceptors (Lipinski definition) is 5. The number of piperidine rings is 1. The lowest BCUT2D eigenvalue weighted by Crippen LogP contribution is -2.54. The van der Waals surface area contributed by atoms with Crippen molar-refractivity contribution in [2.45, 2.75) is 52.2 Å². The number of amides is 1. The molecular formula is C22H33N3O4. The van der Waals surface area contributed by atoms with E-state index in [9.17, 15) is 14.7 Å². The molecule has 0 aliphatic carbocycles. The summed E-state index contributed by atoms with van der Waals surface area (Å²) < 4.78 is 5.48. The third-order valence-electron chi connectivity index (χ3n) is 5.75. The fourth-order valence-electron chi connectivity index (χ4n) is 4.17. The normalized spacial score (nSPS) is 19.3. The van der Waals surface area contributed by atoms with E-state index in [-0.39, 0.29) is 6.09 Å². The molecule has 1 amide bonds. The van der Waals surface area contributed by atoms with Gasteiger partial charge >= 0.3 is 12.1 Å². The second kappa shape index (κ2) is 8.61. The quantitative estimate of drug-likeness (QED) is 0.835. The average Bonchev–Trinajstić information content (AvgIpc) is 2.66. The van der Waals surface area contributed by atoms with Gasteiger partial charge < -0.3 is 19.6 Å². The number of aromatic carboxylic acids is 1. The number of anilines is 1. The lowest BCUT2D eigenvalue weighted by molar-refractivity contribution is 0.0139. The van der Waals surface area contributed by atoms with Crippen LogP contribution in [0, 0.1) is 6.92 Å². The zero-order valence-corrected chi connectivity index (χ0v) is 18.0. The first-order valence-electron chi connectivity index (χ1n) is 10.4. The monoisotopic (exact) mass is 403 g/mol. The van der Waals surface area contributed by atoms with Crippen LogP contribution >= 0.6 is 0 Å². The van der Waals surface area contributed by atoms with Gasteiger partial charge in [-0.3, -0.25) is 4.90 Å². The van der Waals surface area contributed by atoms with Gasteiger partial charge in [0.1, 0.15) is 5.60 Å². The maximum absolute atomic E-state index is 12.2. The minimum absolute atomic E-state index is 0.207. The SMILES string of the molecule is Cc1cc(N2CCN(C3CCN(C(=O)OC(C)(C)C)CC3)CC2)ccc1C(=O)O. The Balaban J connectivity index is 1.49. The Morgan fingerprint density at radius 2 is 1.66 bits per heavy atom. The fraction of sp³-hybridized carbons (Fsp3) is 0.636. The molecule has 2 saturated heterocycles. The zero-order valence-electron chi connectivity index (χ0n) is 18.0. The third kappa shape index (κ3) is 5.41. The summed E-state index contributed by atoms with van der Waals surface area (Å²) in [6, 6.07) is 6.09. The van der Waals surface area contributed by atoms with Crippen LogP contribution in [0.3, 0.4) is 0 Å². The number of ether oxygens (including phenoxy) is 1. The summed E-state index contributed by atoms with van der Waals surface area (Å²) in [6.45, 7) is 12.9. The van der Waals surface area contributed by atoms with Crippen LogP contribution in [0.4, 0.5) is 10.5 Å². The molecule has 0 atom stereocenters. The van der Waals surface area contributed by atoms with Crippen molar-refractivity contribution < 1.29 is 19.4 Å². The van der Waals surface area contributed by atoms with E-state index in [2.05, 4.69) is 9.80 Å². The summed E-state index contributed by atoms with van der Waals surface area (Å²) in [5.74, 6) is -0.878. The Hall–Kier alpha value is -2.28. The second-order valence-electron chi connectivity index (χ2n) is 9.03. The zero-order chi connectivity index (χ0) is 21.2. The molecule has 29 heavy (non-hydrogen) atoms. The van der Waals surface area contributed by atoms with Crippen LogP contribution in [0.1, 0.15) is 49.5 Å². The molecule has 2 fully saturated rings. The molecule has 0 radical (unpaired) electrons. The highest BCUT2D eigenvalue weighted by Crippen LogP contribution is 2.24. The minimum Gasteiger partial charge on any atom is -0.478 e. The standard InChI is InChI=1S/C22H33N3O4/c1-16-15-18(5-6-19(16)20(26)27)24-13-11-23(12-14-24)17-7-9-25(10-8-17)21(28)29-22(2,3)4/h5-6,15,17H,7-14H2,1-4H3,(H,26,27). The first kappa shape index (κ1) is 21.4. The molecule has 160 valence electrons. The van der Waals surface area contributed by atoms with E-state index in [1.54, 1.807) is 6.07 Å². The molecule has 0 unspecified atom stereocenters. The van der Waals surface area contributed by atoms with Gasteiger partial charge in [0.15, 0.2) is 0 Å². The molecule has 0 spiro atoms. The van der Waals surface area contributed by atoms with Crippen LogP contribution in [0.15, 0.2) is 18.2 Å². The van der Waals surface area contributed by atoms with Gasteiger partial charge in [-0.15, -0.1) is 0 Å². The maximum Gasteiger partial charge on any atom is 0.410 e. The highest BCUT2D eigenvalue weighted by atomic mass is 16.6. The number of nitrogens with zero attached hydrogens (tertiary/aromatic N) is 3. The predicted octanol–water partition coefficient (Wildman–Crippen LogP) is 3.21. The van der Waals surface area contributed by atoms with Crippen LogP contribution in [0.25, 0.3) is 0 Å². The molecule has 2 aliphatic rings. The number of carboxylic acids is 1. The van der Waals surface area contributed by atoms with E-state index >= 15 is 0 Å². The summed E-state index contributed by atoms with van der Waals surface area (Å²) in [7, 11) is 0. The van der Waals surface area contributed by atoms with E-state index in [1.807, 2.05) is 44.7 Å². The highest BCUT2D eigenvalue weighted by Gasteiger charge is 2.31. The first-order valence-corrected chi connectivity index (χ1v) is 10.4. The summed E-state index contributed by atoms with van der Waals surface area (Å²) in [5.41, 5.74) is 1.80. The van der Waals surface area contributed by atoms with E-state index in [0.717, 1.165) is 63.4 Å². The van der Waals surface area contributed by atoms with Crippen molar-refractivity contribution in [3.8, 4) is 0 Å². The number of carbonyl (C=O) groups is 2. The van der Waals surface area contributed by atoms with E-state index in [0.29, 0.717) is 11.6 Å². The molecule has 3 rings (SSSR count). The van der Waals surface area contributed by atoms with E-state index in [4.69, 9.17) is 4.74 Å². The van der Waals surface area contributed by atoms with Gasteiger partial charge in [-0.1, -0.05) is 0 Å². The highest BCUT2D eigenvalue weighted by molar-refractivity contribution is 5.89. The van der Waals surface area contributed by atoms with Crippen molar-refractivity contribution in [1.29, 1.82) is 0 Å². The Kier molecular flexibility index (Phi) is 6.36. The Morgan fingerprint density at radius 3 is 2.17 bits per heavy atom. The lowest BCUT2D eigenvalue weighted by Gasteiger charge is -2.43. The summed E-state index contributed by atoms with van der Waals surface area (Å²) in [4.78, 5) is 30.1. The van der Waals surface area contributed by atoms with Crippen molar-refractivity contribution in [2.75, 3.05) is 44.2 Å². The molecule has 7 heteroatoms. The number of carboxylic acid groups (broad SMARTS) is 1. The van der Waals surface area contributed by atoms with Crippen molar-refractivity contribution in [1.82, 2.24) is 9.80 Å². The molecule has 0 bridgehead atoms. The van der Waals surface area contributed by atoms with Crippen molar-refractivity contribution in [3.05, 3.63) is 29.3 Å². The summed E-state index contributed by atoms with van der Waals surface area (Å²) in [5, 5.41) is 9.20. The van der Waals surface area contributed by atoms with Crippen molar-refractivity contribution >= 4 is 17.7 Å². The largest absolute Gasteiger partial charge is 0.478 e. The topological polar surface area (TPSA) is 73.3 Å². The second-order valence-corrected chi connectivity index (χ2v) is 9.03. The van der Waals surface area contributed by atoms with Gasteiger partial charge in [0.05, 0.1) is 5.56 Å². The molecule has 0 aromatic heterocycles. The number of carbonyl (C=O) groups excluding carboxylic acids is 1. The number of hydrogen-bond donors (Lipinski definition) is 1. The molecule has 2 aliphatic heterocycles. The Morgan fingerprint density at radius 1 is 1.03 bits per heavy atom. The van der Waals surface area contributed by atoms with Crippen LogP contribution in [0.2, 0.25) is 0 Å². The molecule has 1 aromatic carbocycles. The molecule has 0 saturated carbocycles. The average molecular weight is 404 g/mol. The summed E-state index contributed by atoms with van der Waals surface area (Å²) >= 11 is 0. The molecule has 7 nitrogen and oxygen atoms in total. The number of likely N-dealkylation sites (tertiary alicyclic amines) is 1. The molecule has 1 aromatic rings. The van der Waals surface area contributed by atoms with Gasteiger partial charge in [0.2, 0.25) is 0 Å². The summed E-state index contributed by atoms with van der Waals surface area (Å²) in [6.07, 6.45) is 1.75. The van der Waals surface area contributed by atoms with Crippen LogP contribution in [-0.4, -0.2) is 77.9 Å². The molecule has 1 N–H and O–H groups in total. The van der Waals surface area contributed by atoms with Gasteiger partial charge in [-0.2, -0.15) is 0 Å². The number of piperazine rings is 1. The third-order valence-corrected chi connectivity index (χ3v) is 5.75. The number of aryl methyl sites for hydroxylation is 1. The fourth-order valence-corrected chi connectivity index (χ4v) is 4.17. The minimum atomic E-state index is -0.878. The van der Waals surface area contributed by atoms with Gasteiger partial charge in [0, 0.05) is 51.0 Å². The number of rotatable bonds is 3. The van der Waals surface area contributed by atoms with E-state index < -0.39 is 11.6 Å². The van der Waals surface area contributed by atoms with Crippen molar-refractivity contribution in [2.24, 2.45) is 0 Å². The Labute approximate surface area is 173 Å².